The summed E-state index contributed by atoms with van der Waals surface area (Å²) in [7, 11) is 0. The van der Waals surface area contributed by atoms with Gasteiger partial charge in [-0.1, -0.05) is 30.3 Å². The summed E-state index contributed by atoms with van der Waals surface area (Å²) in [5, 5.41) is 10.6. The van der Waals surface area contributed by atoms with Crippen molar-refractivity contribution in [3.63, 3.8) is 0 Å². The minimum Gasteiger partial charge on any atom is -0.508 e. The number of halogens is 17. The maximum atomic E-state index is 14.9. The van der Waals surface area contributed by atoms with Crippen molar-refractivity contribution < 1.29 is 84.5 Å². The molecule has 0 saturated carbocycles. The van der Waals surface area contributed by atoms with E-state index in [2.05, 4.69) is 16.5 Å². The highest BCUT2D eigenvalue weighted by Crippen LogP contribution is 2.65. The lowest BCUT2D eigenvalue weighted by molar-refractivity contribution is -0.462. The van der Waals surface area contributed by atoms with E-state index in [9.17, 15) is 79.7 Å². The van der Waals surface area contributed by atoms with Crippen molar-refractivity contribution in [3.05, 3.63) is 84.1 Å². The molecule has 1 aromatic heterocycles. The van der Waals surface area contributed by atoms with Gasteiger partial charge in [-0.3, -0.25) is 9.88 Å². The van der Waals surface area contributed by atoms with Gasteiger partial charge in [0, 0.05) is 29.7 Å². The van der Waals surface area contributed by atoms with E-state index in [0.29, 0.717) is 48.1 Å². The summed E-state index contributed by atoms with van der Waals surface area (Å²) < 4.78 is 241. The SMILES string of the molecule is C=C[C@H]1CN2CCC1C[C@@H]2[C@@H](OCc1ccc(C(F)(F)C(F)(F)C(F)(F)C(F)(F)C(F)(F)C(F)(F)C(F)(F)C(F)(F)F)cc1)c1ccnc2ccc(O)cc12. The molecule has 0 spiro atoms. The van der Waals surface area contributed by atoms with Crippen molar-refractivity contribution in [2.24, 2.45) is 11.8 Å². The molecule has 0 amide bonds. The molecule has 1 N–H and O–H groups in total. The Morgan fingerprint density at radius 2 is 1.33 bits per heavy atom. The molecule has 4 heterocycles. The quantitative estimate of drug-likeness (QED) is 0.138. The normalized spacial score (nSPS) is 22.6. The van der Waals surface area contributed by atoms with Crippen LogP contribution in [0.1, 0.15) is 35.6 Å². The molecule has 5 atom stereocenters. The number of aromatic hydroxyl groups is 1. The number of phenolic OH excluding ortho intramolecular Hbond substituents is 1. The molecule has 2 unspecified atom stereocenters. The molecule has 2 aromatic carbocycles. The van der Waals surface area contributed by atoms with Gasteiger partial charge in [0.05, 0.1) is 18.2 Å². The van der Waals surface area contributed by atoms with E-state index in [4.69, 9.17) is 4.74 Å². The van der Waals surface area contributed by atoms with Gasteiger partial charge in [0.25, 0.3) is 0 Å². The Labute approximate surface area is 299 Å². The second-order valence-electron chi connectivity index (χ2n) is 13.3. The summed E-state index contributed by atoms with van der Waals surface area (Å²) in [6, 6.07) is 6.55. The number of rotatable bonds is 13. The molecule has 2 bridgehead atoms. The maximum Gasteiger partial charge on any atom is 0.460 e. The number of alkyl halides is 17. The van der Waals surface area contributed by atoms with Crippen LogP contribution < -0.4 is 0 Å². The van der Waals surface area contributed by atoms with Gasteiger partial charge < -0.3 is 9.84 Å². The molecule has 21 heteroatoms. The van der Waals surface area contributed by atoms with Crippen molar-refractivity contribution in [2.75, 3.05) is 13.1 Å². The summed E-state index contributed by atoms with van der Waals surface area (Å²) in [5.41, 5.74) is -1.50. The van der Waals surface area contributed by atoms with Crippen molar-refractivity contribution >= 4 is 10.9 Å². The Hall–Kier alpha value is -3.88. The fourth-order valence-electron chi connectivity index (χ4n) is 6.85. The van der Waals surface area contributed by atoms with Gasteiger partial charge in [0.1, 0.15) is 5.75 Å². The van der Waals surface area contributed by atoms with Gasteiger partial charge in [-0.15, -0.1) is 6.58 Å². The van der Waals surface area contributed by atoms with E-state index in [-0.39, 0.29) is 41.3 Å². The van der Waals surface area contributed by atoms with Gasteiger partial charge in [0.2, 0.25) is 0 Å². The molecule has 0 aliphatic carbocycles. The van der Waals surface area contributed by atoms with Crippen LogP contribution in [0.4, 0.5) is 74.6 Å². The Kier molecular flexibility index (Phi) is 10.5. The second-order valence-corrected chi connectivity index (χ2v) is 13.3. The minimum atomic E-state index is -8.69. The smallest absolute Gasteiger partial charge is 0.460 e. The number of nitrogens with zero attached hydrogens (tertiary/aromatic N) is 2. The van der Waals surface area contributed by atoms with Gasteiger partial charge in [0.15, 0.2) is 0 Å². The number of hydrogen-bond donors (Lipinski definition) is 1. The fourth-order valence-corrected chi connectivity index (χ4v) is 6.85. The summed E-state index contributed by atoms with van der Waals surface area (Å²) in [4.78, 5) is 6.36. The predicted molar refractivity (Wildman–Crippen MR) is 159 cm³/mol. The van der Waals surface area contributed by atoms with E-state index in [1.807, 2.05) is 6.08 Å². The highest BCUT2D eigenvalue weighted by atomic mass is 19.4. The Bertz CT molecular complexity index is 1880. The van der Waals surface area contributed by atoms with E-state index < -0.39 is 65.9 Å². The van der Waals surface area contributed by atoms with Crippen LogP contribution in [0.25, 0.3) is 10.9 Å². The molecule has 4 nitrogen and oxygen atoms in total. The molecule has 6 rings (SSSR count). The van der Waals surface area contributed by atoms with Gasteiger partial charge in [-0.05, 0) is 66.6 Å². The average molecular weight is 819 g/mol. The number of fused-ring (bicyclic) bond motifs is 4. The lowest BCUT2D eigenvalue weighted by Crippen LogP contribution is -2.74. The minimum absolute atomic E-state index is 0.0546. The third-order valence-electron chi connectivity index (χ3n) is 10.0. The van der Waals surface area contributed by atoms with Crippen LogP contribution in [0.2, 0.25) is 0 Å². The first-order chi connectivity index (χ1) is 25.1. The lowest BCUT2D eigenvalue weighted by Gasteiger charge is -2.51. The number of pyridine rings is 1. The van der Waals surface area contributed by atoms with Crippen LogP contribution in [0.5, 0.6) is 5.75 Å². The molecule has 3 aliphatic heterocycles. The van der Waals surface area contributed by atoms with Crippen LogP contribution in [0, 0.1) is 11.8 Å². The predicted octanol–water partition coefficient (Wildman–Crippen LogP) is 10.6. The number of hydrogen-bond acceptors (Lipinski definition) is 4. The largest absolute Gasteiger partial charge is 0.508 e. The van der Waals surface area contributed by atoms with Gasteiger partial charge in [-0.25, -0.2) is 0 Å². The monoisotopic (exact) mass is 818 g/mol. The molecule has 3 saturated heterocycles. The summed E-state index contributed by atoms with van der Waals surface area (Å²) in [5.74, 6) is -56.8. The van der Waals surface area contributed by atoms with E-state index in [1.54, 1.807) is 6.07 Å². The molecule has 55 heavy (non-hydrogen) atoms. The summed E-state index contributed by atoms with van der Waals surface area (Å²) in [6.45, 7) is 4.56. The Morgan fingerprint density at radius 3 is 1.85 bits per heavy atom. The first kappa shape index (κ1) is 42.3. The Balaban J connectivity index is 1.43. The third kappa shape index (κ3) is 6.45. The molecule has 3 fully saturated rings. The number of aromatic nitrogens is 1. The van der Waals surface area contributed by atoms with E-state index >= 15 is 0 Å². The number of benzene rings is 2. The summed E-state index contributed by atoms with van der Waals surface area (Å²) >= 11 is 0. The molecule has 3 aliphatic rings. The van der Waals surface area contributed by atoms with Crippen molar-refractivity contribution in [1.82, 2.24) is 9.88 Å². The summed E-state index contributed by atoms with van der Waals surface area (Å²) in [6.07, 6.45) is -4.01. The van der Waals surface area contributed by atoms with Gasteiger partial charge in [-0.2, -0.15) is 74.6 Å². The van der Waals surface area contributed by atoms with Crippen LogP contribution in [-0.2, 0) is 17.3 Å². The highest BCUT2D eigenvalue weighted by Gasteiger charge is 2.95. The van der Waals surface area contributed by atoms with Crippen LogP contribution in [-0.4, -0.2) is 75.8 Å². The third-order valence-corrected chi connectivity index (χ3v) is 10.0. The standard InChI is InChI=1S/C34H27F17N2O2/c1-2-18-15-53-12-10-19(18)13-25(53)26(22-9-11-52-24-8-7-21(54)14-23(22)24)55-16-17-3-5-20(6-4-17)27(35,36)28(37,38)29(39,40)30(41,42)31(43,44)32(45,46)33(47,48)34(49,50)51/h2-9,11,14,18-19,25-26,54H,1,10,12-13,15-16H2/t18-,19?,25+,26-/m0/s1. The molecule has 3 aromatic rings. The first-order valence-electron chi connectivity index (χ1n) is 15.9. The van der Waals surface area contributed by atoms with E-state index in [1.165, 1.54) is 24.4 Å². The topological polar surface area (TPSA) is 45.6 Å². The molecule has 304 valence electrons. The van der Waals surface area contributed by atoms with E-state index in [0.717, 1.165) is 6.42 Å². The second kappa shape index (κ2) is 13.7. The molecular weight excluding hydrogens is 791 g/mol. The van der Waals surface area contributed by atoms with Crippen molar-refractivity contribution in [1.29, 1.82) is 0 Å². The zero-order valence-corrected chi connectivity index (χ0v) is 27.5. The fraction of sp³-hybridized carbons (Fsp3) is 0.500. The highest BCUT2D eigenvalue weighted by molar-refractivity contribution is 5.83. The van der Waals surface area contributed by atoms with Gasteiger partial charge >= 0.3 is 47.6 Å². The maximum absolute atomic E-state index is 14.9. The van der Waals surface area contributed by atoms with Crippen molar-refractivity contribution in [3.8, 4) is 5.75 Å². The Morgan fingerprint density at radius 1 is 0.764 bits per heavy atom. The number of piperidine rings is 3. The zero-order valence-electron chi connectivity index (χ0n) is 27.5. The van der Waals surface area contributed by atoms with Crippen LogP contribution in [0.15, 0.2) is 67.4 Å². The first-order valence-corrected chi connectivity index (χ1v) is 15.9. The molecule has 0 radical (unpaired) electrons. The van der Waals surface area contributed by atoms with Crippen LogP contribution >= 0.6 is 0 Å². The number of ether oxygens (including phenoxy) is 1. The average Bonchev–Trinajstić information content (AvgIpc) is 3.11. The van der Waals surface area contributed by atoms with Crippen LogP contribution in [0.3, 0.4) is 0 Å². The van der Waals surface area contributed by atoms with Crippen molar-refractivity contribution in [2.45, 2.75) is 79.2 Å². The zero-order chi connectivity index (χ0) is 41.4. The number of phenols is 1. The lowest BCUT2D eigenvalue weighted by atomic mass is 9.73. The molecular formula is C34H27F17N2O2.